The normalized spacial score (nSPS) is 18.5. The molecule has 1 aliphatic carbocycles. The van der Waals surface area contributed by atoms with E-state index in [9.17, 15) is 4.79 Å². The lowest BCUT2D eigenvalue weighted by Crippen LogP contribution is -2.27. The molecule has 140 valence electrons. The van der Waals surface area contributed by atoms with Crippen molar-refractivity contribution in [2.75, 3.05) is 19.5 Å². The van der Waals surface area contributed by atoms with Gasteiger partial charge in [0.05, 0.1) is 24.3 Å². The van der Waals surface area contributed by atoms with E-state index >= 15 is 0 Å². The van der Waals surface area contributed by atoms with E-state index in [1.165, 1.54) is 0 Å². The highest BCUT2D eigenvalue weighted by Crippen LogP contribution is 2.50. The fourth-order valence-corrected chi connectivity index (χ4v) is 4.37. The average molecular weight is 404 g/mol. The standard InChI is InChI=1S/C21H19Cl2NO3/c1-26-17-9-12-15(10-18(17)27-2)24-14-7-4-8-16(25)20(14)19(12)11-5-3-6-13(22)21(11)23/h3,5-6,9-10,19,24H,4,7-8H2,1-2H3/t19-/m1/s1. The highest BCUT2D eigenvalue weighted by atomic mass is 35.5. The lowest BCUT2D eigenvalue weighted by molar-refractivity contribution is -0.116. The van der Waals surface area contributed by atoms with Crippen LogP contribution in [0.1, 0.15) is 36.3 Å². The van der Waals surface area contributed by atoms with Crippen LogP contribution in [0, 0.1) is 0 Å². The number of fused-ring (bicyclic) bond motifs is 1. The Morgan fingerprint density at radius 3 is 2.52 bits per heavy atom. The van der Waals surface area contributed by atoms with Crippen molar-refractivity contribution in [2.45, 2.75) is 25.2 Å². The molecule has 4 rings (SSSR count). The molecule has 1 aliphatic heterocycles. The van der Waals surface area contributed by atoms with Crippen LogP contribution in [0.4, 0.5) is 5.69 Å². The summed E-state index contributed by atoms with van der Waals surface area (Å²) < 4.78 is 10.9. The first-order chi connectivity index (χ1) is 13.0. The molecule has 1 atom stereocenters. The first-order valence-electron chi connectivity index (χ1n) is 8.78. The molecule has 0 fully saturated rings. The number of ether oxygens (including phenoxy) is 2. The second-order valence-corrected chi connectivity index (χ2v) is 7.45. The SMILES string of the molecule is COc1cc2c(cc1OC)[C@@H](c1cccc(Cl)c1Cl)C1=C(CCCC1=O)N2. The van der Waals surface area contributed by atoms with Crippen LogP contribution in [-0.4, -0.2) is 20.0 Å². The number of allylic oxidation sites excluding steroid dienone is 2. The number of ketones is 1. The fraction of sp³-hybridized carbons (Fsp3) is 0.286. The number of hydrogen-bond donors (Lipinski definition) is 1. The smallest absolute Gasteiger partial charge is 0.162 e. The maximum atomic E-state index is 12.9. The van der Waals surface area contributed by atoms with Crippen molar-refractivity contribution in [1.82, 2.24) is 0 Å². The summed E-state index contributed by atoms with van der Waals surface area (Å²) >= 11 is 12.8. The molecule has 2 aliphatic rings. The zero-order valence-electron chi connectivity index (χ0n) is 15.1. The van der Waals surface area contributed by atoms with Gasteiger partial charge in [0.25, 0.3) is 0 Å². The molecule has 0 saturated heterocycles. The van der Waals surface area contributed by atoms with Gasteiger partial charge in [-0.2, -0.15) is 0 Å². The van der Waals surface area contributed by atoms with E-state index in [0.29, 0.717) is 28.0 Å². The van der Waals surface area contributed by atoms with Crippen molar-refractivity contribution in [1.29, 1.82) is 0 Å². The predicted molar refractivity (Wildman–Crippen MR) is 107 cm³/mol. The minimum atomic E-state index is -0.296. The molecule has 0 bridgehead atoms. The summed E-state index contributed by atoms with van der Waals surface area (Å²) in [6.07, 6.45) is 2.20. The molecule has 2 aromatic carbocycles. The molecule has 1 heterocycles. The van der Waals surface area contributed by atoms with Crippen LogP contribution in [-0.2, 0) is 4.79 Å². The molecule has 0 saturated carbocycles. The van der Waals surface area contributed by atoms with Crippen molar-refractivity contribution in [3.05, 3.63) is 62.8 Å². The van der Waals surface area contributed by atoms with Crippen molar-refractivity contribution in [3.63, 3.8) is 0 Å². The molecule has 0 amide bonds. The highest BCUT2D eigenvalue weighted by molar-refractivity contribution is 6.42. The average Bonchev–Trinajstić information content (AvgIpc) is 2.68. The van der Waals surface area contributed by atoms with E-state index < -0.39 is 0 Å². The molecule has 0 aromatic heterocycles. The summed E-state index contributed by atoms with van der Waals surface area (Å²) in [7, 11) is 3.20. The molecule has 4 nitrogen and oxygen atoms in total. The zero-order valence-corrected chi connectivity index (χ0v) is 16.6. The number of nitrogens with one attached hydrogen (secondary N) is 1. The van der Waals surface area contributed by atoms with Gasteiger partial charge in [-0.15, -0.1) is 0 Å². The van der Waals surface area contributed by atoms with Gasteiger partial charge in [-0.3, -0.25) is 4.79 Å². The molecule has 0 spiro atoms. The Balaban J connectivity index is 2.00. The topological polar surface area (TPSA) is 47.6 Å². The van der Waals surface area contributed by atoms with Crippen LogP contribution in [0.5, 0.6) is 11.5 Å². The number of hydrogen-bond acceptors (Lipinski definition) is 4. The quantitative estimate of drug-likeness (QED) is 0.726. The summed E-state index contributed by atoms with van der Waals surface area (Å²) in [5.74, 6) is 1.08. The van der Waals surface area contributed by atoms with Gasteiger partial charge in [-0.1, -0.05) is 35.3 Å². The zero-order chi connectivity index (χ0) is 19.1. The van der Waals surface area contributed by atoms with Gasteiger partial charge in [-0.25, -0.2) is 0 Å². The van der Waals surface area contributed by atoms with Gasteiger partial charge in [0.15, 0.2) is 17.3 Å². The van der Waals surface area contributed by atoms with Gasteiger partial charge in [0.2, 0.25) is 0 Å². The summed E-state index contributed by atoms with van der Waals surface area (Å²) in [5.41, 5.74) is 4.35. The third kappa shape index (κ3) is 2.97. The van der Waals surface area contributed by atoms with E-state index in [1.807, 2.05) is 24.3 Å². The van der Waals surface area contributed by atoms with Gasteiger partial charge in [0.1, 0.15) is 0 Å². The Morgan fingerprint density at radius 2 is 1.78 bits per heavy atom. The van der Waals surface area contributed by atoms with Crippen LogP contribution < -0.4 is 14.8 Å². The summed E-state index contributed by atoms with van der Waals surface area (Å²) in [6.45, 7) is 0. The van der Waals surface area contributed by atoms with Crippen LogP contribution in [0.15, 0.2) is 41.6 Å². The number of carbonyl (C=O) groups is 1. The Bertz CT molecular complexity index is 968. The molecular weight excluding hydrogens is 385 g/mol. The van der Waals surface area contributed by atoms with Crippen molar-refractivity contribution in [2.24, 2.45) is 0 Å². The molecule has 0 radical (unpaired) electrons. The van der Waals surface area contributed by atoms with Crippen LogP contribution in [0.3, 0.4) is 0 Å². The summed E-state index contributed by atoms with van der Waals surface area (Å²) in [6, 6.07) is 9.36. The first-order valence-corrected chi connectivity index (χ1v) is 9.53. The molecule has 27 heavy (non-hydrogen) atoms. The third-order valence-corrected chi connectivity index (χ3v) is 6.02. The van der Waals surface area contributed by atoms with Gasteiger partial charge in [-0.05, 0) is 36.1 Å². The highest BCUT2D eigenvalue weighted by Gasteiger charge is 2.37. The minimum absolute atomic E-state index is 0.144. The summed E-state index contributed by atoms with van der Waals surface area (Å²) in [5, 5.41) is 4.38. The fourth-order valence-electron chi connectivity index (χ4n) is 3.95. The van der Waals surface area contributed by atoms with Crippen molar-refractivity contribution < 1.29 is 14.3 Å². The minimum Gasteiger partial charge on any atom is -0.493 e. The maximum Gasteiger partial charge on any atom is 0.162 e. The van der Waals surface area contributed by atoms with Crippen molar-refractivity contribution >= 4 is 34.7 Å². The number of Topliss-reactive ketones (excluding diaryl/α,β-unsaturated/α-hetero) is 1. The Labute approximate surface area is 168 Å². The third-order valence-electron chi connectivity index (χ3n) is 5.19. The Hall–Kier alpha value is -2.17. The number of halogens is 2. The number of methoxy groups -OCH3 is 2. The van der Waals surface area contributed by atoms with Crippen LogP contribution in [0.25, 0.3) is 0 Å². The van der Waals surface area contributed by atoms with Gasteiger partial charge < -0.3 is 14.8 Å². The van der Waals surface area contributed by atoms with Crippen LogP contribution in [0.2, 0.25) is 10.0 Å². The number of rotatable bonds is 3. The van der Waals surface area contributed by atoms with E-state index in [1.54, 1.807) is 20.3 Å². The second-order valence-electron chi connectivity index (χ2n) is 6.66. The lowest BCUT2D eigenvalue weighted by atomic mass is 9.75. The van der Waals surface area contributed by atoms with Crippen molar-refractivity contribution in [3.8, 4) is 11.5 Å². The molecule has 0 unspecified atom stereocenters. The second kappa shape index (κ2) is 7.10. The molecule has 6 heteroatoms. The van der Waals surface area contributed by atoms with Gasteiger partial charge >= 0.3 is 0 Å². The molecule has 1 N–H and O–H groups in total. The van der Waals surface area contributed by atoms with E-state index in [-0.39, 0.29) is 11.7 Å². The van der Waals surface area contributed by atoms with E-state index in [0.717, 1.165) is 40.9 Å². The van der Waals surface area contributed by atoms with E-state index in [4.69, 9.17) is 32.7 Å². The van der Waals surface area contributed by atoms with Gasteiger partial charge in [0, 0.05) is 35.4 Å². The lowest BCUT2D eigenvalue weighted by Gasteiger charge is -2.35. The maximum absolute atomic E-state index is 12.9. The predicted octanol–water partition coefficient (Wildman–Crippen LogP) is 5.58. The number of carbonyl (C=O) groups excluding carboxylic acids is 1. The first kappa shape index (κ1) is 18.2. The summed E-state index contributed by atoms with van der Waals surface area (Å²) in [4.78, 5) is 12.9. The monoisotopic (exact) mass is 403 g/mol. The van der Waals surface area contributed by atoms with Crippen LogP contribution >= 0.6 is 23.2 Å². The molecule has 2 aromatic rings. The molecular formula is C21H19Cl2NO3. The number of benzene rings is 2. The largest absolute Gasteiger partial charge is 0.493 e. The Kier molecular flexibility index (Phi) is 4.79. The van der Waals surface area contributed by atoms with E-state index in [2.05, 4.69) is 5.32 Å². The Morgan fingerprint density at radius 1 is 1.04 bits per heavy atom. The number of anilines is 1.